The number of carbonyl (C=O) groups is 1. The molecule has 0 heterocycles. The van der Waals surface area contributed by atoms with Crippen LogP contribution in [0.4, 0.5) is 5.69 Å². The van der Waals surface area contributed by atoms with Gasteiger partial charge in [0, 0.05) is 24.3 Å². The first-order valence-corrected chi connectivity index (χ1v) is 10.1. The molecule has 0 aliphatic carbocycles. The van der Waals surface area contributed by atoms with Crippen LogP contribution in [0.1, 0.15) is 28.4 Å². The number of carbonyl (C=O) groups excluding carboxylic acids is 1. The van der Waals surface area contributed by atoms with E-state index in [4.69, 9.17) is 9.47 Å². The number of benzene rings is 3. The molecule has 0 radical (unpaired) electrons. The van der Waals surface area contributed by atoms with Crippen LogP contribution in [0.3, 0.4) is 0 Å². The molecule has 0 atom stereocenters. The van der Waals surface area contributed by atoms with Gasteiger partial charge in [-0.05, 0) is 48.4 Å². The Morgan fingerprint density at radius 3 is 2.32 bits per heavy atom. The van der Waals surface area contributed by atoms with Crippen molar-refractivity contribution in [1.82, 2.24) is 5.43 Å². The topological polar surface area (TPSA) is 63.2 Å². The van der Waals surface area contributed by atoms with Gasteiger partial charge in [-0.3, -0.25) is 4.79 Å². The Hall–Kier alpha value is -3.80. The van der Waals surface area contributed by atoms with Gasteiger partial charge in [-0.15, -0.1) is 0 Å². The second-order valence-corrected chi connectivity index (χ2v) is 6.86. The summed E-state index contributed by atoms with van der Waals surface area (Å²) in [6, 6.07) is 23.4. The second-order valence-electron chi connectivity index (χ2n) is 6.86. The highest BCUT2D eigenvalue weighted by Gasteiger charge is 2.10. The molecule has 31 heavy (non-hydrogen) atoms. The van der Waals surface area contributed by atoms with E-state index in [2.05, 4.69) is 58.7 Å². The summed E-state index contributed by atoms with van der Waals surface area (Å²) in [6.45, 7) is 3.90. The number of rotatable bonds is 9. The van der Waals surface area contributed by atoms with Gasteiger partial charge in [-0.2, -0.15) is 5.10 Å². The molecule has 0 saturated carbocycles. The summed E-state index contributed by atoms with van der Waals surface area (Å²) in [5.74, 6) is 0.732. The van der Waals surface area contributed by atoms with Crippen LogP contribution >= 0.6 is 0 Å². The summed E-state index contributed by atoms with van der Waals surface area (Å²) < 4.78 is 10.4. The zero-order valence-corrected chi connectivity index (χ0v) is 18.0. The van der Waals surface area contributed by atoms with Gasteiger partial charge in [0.2, 0.25) is 0 Å². The van der Waals surface area contributed by atoms with E-state index in [0.29, 0.717) is 17.1 Å². The number of anilines is 1. The molecule has 3 rings (SSSR count). The highest BCUT2D eigenvalue weighted by atomic mass is 16.5. The van der Waals surface area contributed by atoms with Crippen molar-refractivity contribution in [3.05, 3.63) is 89.5 Å². The maximum Gasteiger partial charge on any atom is 0.271 e. The van der Waals surface area contributed by atoms with Crippen LogP contribution in [0.15, 0.2) is 77.9 Å². The second kappa shape index (κ2) is 10.8. The lowest BCUT2D eigenvalue weighted by atomic mass is 10.1. The van der Waals surface area contributed by atoms with Crippen molar-refractivity contribution in [3.8, 4) is 11.5 Å². The van der Waals surface area contributed by atoms with Gasteiger partial charge < -0.3 is 14.4 Å². The van der Waals surface area contributed by atoms with Gasteiger partial charge in [0.15, 0.2) is 11.5 Å². The highest BCUT2D eigenvalue weighted by molar-refractivity contribution is 5.95. The van der Waals surface area contributed by atoms with Gasteiger partial charge in [0.25, 0.3) is 5.91 Å². The highest BCUT2D eigenvalue weighted by Crippen LogP contribution is 2.27. The average molecular weight is 418 g/mol. The zero-order valence-electron chi connectivity index (χ0n) is 18.0. The van der Waals surface area contributed by atoms with E-state index in [1.165, 1.54) is 12.7 Å². The summed E-state index contributed by atoms with van der Waals surface area (Å²) in [5, 5.41) is 4.07. The van der Waals surface area contributed by atoms with Crippen molar-refractivity contribution < 1.29 is 14.3 Å². The molecule has 0 fully saturated rings. The van der Waals surface area contributed by atoms with Crippen LogP contribution < -0.4 is 19.8 Å². The predicted octanol–water partition coefficient (Wildman–Crippen LogP) is 4.49. The minimum absolute atomic E-state index is 0.325. The van der Waals surface area contributed by atoms with Gasteiger partial charge in [0.05, 0.1) is 20.4 Å². The molecule has 0 unspecified atom stereocenters. The fourth-order valence-electron chi connectivity index (χ4n) is 3.17. The van der Waals surface area contributed by atoms with Crippen molar-refractivity contribution in [2.75, 3.05) is 25.7 Å². The lowest BCUT2D eigenvalue weighted by Crippen LogP contribution is -2.21. The van der Waals surface area contributed by atoms with Crippen molar-refractivity contribution in [1.29, 1.82) is 0 Å². The Kier molecular flexibility index (Phi) is 7.65. The van der Waals surface area contributed by atoms with Crippen LogP contribution in [0.25, 0.3) is 0 Å². The molecule has 0 aromatic heterocycles. The third kappa shape index (κ3) is 5.85. The number of methoxy groups -OCH3 is 2. The third-order valence-electron chi connectivity index (χ3n) is 4.88. The quantitative estimate of drug-likeness (QED) is 0.411. The van der Waals surface area contributed by atoms with Gasteiger partial charge in [0.1, 0.15) is 0 Å². The molecule has 0 saturated heterocycles. The minimum Gasteiger partial charge on any atom is -0.493 e. The van der Waals surface area contributed by atoms with Crippen LogP contribution in [0.5, 0.6) is 11.5 Å². The Morgan fingerprint density at radius 1 is 0.968 bits per heavy atom. The molecule has 0 aliphatic heterocycles. The van der Waals surface area contributed by atoms with Crippen molar-refractivity contribution in [2.24, 2.45) is 5.10 Å². The largest absolute Gasteiger partial charge is 0.493 e. The molecule has 0 spiro atoms. The number of hydrogen-bond donors (Lipinski definition) is 1. The van der Waals surface area contributed by atoms with E-state index in [1.807, 2.05) is 18.2 Å². The number of hydrogen-bond acceptors (Lipinski definition) is 5. The summed E-state index contributed by atoms with van der Waals surface area (Å²) in [5.41, 5.74) is 6.28. The molecule has 6 nitrogen and oxygen atoms in total. The Morgan fingerprint density at radius 2 is 1.68 bits per heavy atom. The predicted molar refractivity (Wildman–Crippen MR) is 124 cm³/mol. The molecule has 0 aliphatic rings. The monoisotopic (exact) mass is 417 g/mol. The molecule has 0 bridgehead atoms. The standard InChI is InChI=1S/C25H27N3O3/c1-4-28(18-20-8-6-5-7-9-20)22-13-10-19(11-14-22)17-26-27-25(29)21-12-15-23(30-2)24(16-21)31-3/h5-17H,4,18H2,1-3H3,(H,27,29)/b26-17+. The van der Waals surface area contributed by atoms with Crippen molar-refractivity contribution in [3.63, 3.8) is 0 Å². The van der Waals surface area contributed by atoms with E-state index in [1.54, 1.807) is 31.5 Å². The molecule has 160 valence electrons. The SMILES string of the molecule is CCN(Cc1ccccc1)c1ccc(/C=N/NC(=O)c2ccc(OC)c(OC)c2)cc1. The zero-order chi connectivity index (χ0) is 22.1. The van der Waals surface area contributed by atoms with Crippen molar-refractivity contribution >= 4 is 17.8 Å². The minimum atomic E-state index is -0.325. The van der Waals surface area contributed by atoms with E-state index in [-0.39, 0.29) is 5.91 Å². The van der Waals surface area contributed by atoms with Crippen LogP contribution in [-0.2, 0) is 6.54 Å². The number of ether oxygens (including phenoxy) is 2. The number of amides is 1. The van der Waals surface area contributed by atoms with Crippen LogP contribution in [0.2, 0.25) is 0 Å². The molecule has 6 heteroatoms. The first-order chi connectivity index (χ1) is 15.1. The molecule has 1 N–H and O–H groups in total. The van der Waals surface area contributed by atoms with Gasteiger partial charge in [-0.1, -0.05) is 42.5 Å². The van der Waals surface area contributed by atoms with Gasteiger partial charge in [-0.25, -0.2) is 5.43 Å². The first-order valence-electron chi connectivity index (χ1n) is 10.1. The Labute approximate surface area is 183 Å². The fourth-order valence-corrected chi connectivity index (χ4v) is 3.17. The smallest absolute Gasteiger partial charge is 0.271 e. The summed E-state index contributed by atoms with van der Waals surface area (Å²) in [7, 11) is 3.08. The molecule has 1 amide bonds. The summed E-state index contributed by atoms with van der Waals surface area (Å²) in [4.78, 5) is 14.6. The van der Waals surface area contributed by atoms with Crippen LogP contribution in [-0.4, -0.2) is 32.9 Å². The molecular weight excluding hydrogens is 390 g/mol. The summed E-state index contributed by atoms with van der Waals surface area (Å²) in [6.07, 6.45) is 1.62. The fraction of sp³-hybridized carbons (Fsp3) is 0.200. The lowest BCUT2D eigenvalue weighted by Gasteiger charge is -2.23. The van der Waals surface area contributed by atoms with Gasteiger partial charge >= 0.3 is 0 Å². The van der Waals surface area contributed by atoms with Crippen LogP contribution in [0, 0.1) is 0 Å². The van der Waals surface area contributed by atoms with E-state index >= 15 is 0 Å². The Balaban J connectivity index is 1.61. The molecule has 3 aromatic carbocycles. The maximum atomic E-state index is 12.3. The Bertz CT molecular complexity index is 1020. The first kappa shape index (κ1) is 21.9. The number of nitrogens with one attached hydrogen (secondary N) is 1. The maximum absolute atomic E-state index is 12.3. The number of hydrazone groups is 1. The molecule has 3 aromatic rings. The normalized spacial score (nSPS) is 10.7. The summed E-state index contributed by atoms with van der Waals surface area (Å²) >= 11 is 0. The van der Waals surface area contributed by atoms with E-state index in [0.717, 1.165) is 24.3 Å². The van der Waals surface area contributed by atoms with E-state index < -0.39 is 0 Å². The van der Waals surface area contributed by atoms with E-state index in [9.17, 15) is 4.79 Å². The lowest BCUT2D eigenvalue weighted by molar-refractivity contribution is 0.0954. The third-order valence-corrected chi connectivity index (χ3v) is 4.88. The number of nitrogens with zero attached hydrogens (tertiary/aromatic N) is 2. The van der Waals surface area contributed by atoms with Crippen molar-refractivity contribution in [2.45, 2.75) is 13.5 Å². The average Bonchev–Trinajstić information content (AvgIpc) is 2.83. The molecular formula is C25H27N3O3.